The van der Waals surface area contributed by atoms with Crippen molar-refractivity contribution in [2.75, 3.05) is 46.6 Å². The molecule has 3 aliphatic heterocycles. The summed E-state index contributed by atoms with van der Waals surface area (Å²) in [5, 5.41) is 3.50. The Labute approximate surface area is 213 Å². The lowest BCUT2D eigenvalue weighted by Crippen LogP contribution is -2.38. The van der Waals surface area contributed by atoms with Crippen LogP contribution in [0.2, 0.25) is 0 Å². The van der Waals surface area contributed by atoms with Crippen LogP contribution in [0.25, 0.3) is 0 Å². The van der Waals surface area contributed by atoms with Crippen molar-refractivity contribution in [2.45, 2.75) is 26.7 Å². The van der Waals surface area contributed by atoms with E-state index in [2.05, 4.69) is 61.1 Å². The quantitative estimate of drug-likeness (QED) is 0.519. The van der Waals surface area contributed by atoms with E-state index in [4.69, 9.17) is 14.2 Å². The van der Waals surface area contributed by atoms with Gasteiger partial charge in [0, 0.05) is 49.1 Å². The van der Waals surface area contributed by atoms with Gasteiger partial charge in [-0.05, 0) is 38.1 Å². The number of hydrogen-bond acceptors (Lipinski definition) is 6. The number of hydrogen-bond donors (Lipinski definition) is 1. The van der Waals surface area contributed by atoms with Gasteiger partial charge >= 0.3 is 0 Å². The molecule has 1 amide bonds. The number of ether oxygens (including phenoxy) is 3. The molecule has 3 heterocycles. The third-order valence-electron chi connectivity index (χ3n) is 7.40. The average Bonchev–Trinajstić information content (AvgIpc) is 3.40. The molecular weight excluding hydrogens is 454 g/mol. The number of carbonyl (C=O) groups is 1. The molecule has 1 atom stereocenters. The van der Waals surface area contributed by atoms with Gasteiger partial charge in [0.05, 0.1) is 0 Å². The molecule has 36 heavy (non-hydrogen) atoms. The second-order valence-corrected chi connectivity index (χ2v) is 9.69. The zero-order valence-electron chi connectivity index (χ0n) is 21.4. The zero-order valence-corrected chi connectivity index (χ0v) is 21.4. The highest BCUT2D eigenvalue weighted by molar-refractivity contribution is 5.99. The highest BCUT2D eigenvalue weighted by atomic mass is 16.7. The van der Waals surface area contributed by atoms with E-state index in [0.717, 1.165) is 53.4 Å². The standard InChI is InChI=1S/C29H35N3O4/c1-5-21(17-31(4)6-2)30-15-20(3)16-32-24-11-9-7-8-10-22(24)29(28(32)33)18-34-26-14-27-25(35-19-36-27)13-12-23(26)29/h5,7-8,10-12,14,30H,3,6,9,13,15-19H2,1-2,4H3/b21-5-. The van der Waals surface area contributed by atoms with Gasteiger partial charge in [-0.3, -0.25) is 4.79 Å². The maximum Gasteiger partial charge on any atom is 0.246 e. The van der Waals surface area contributed by atoms with E-state index in [1.807, 2.05) is 24.0 Å². The summed E-state index contributed by atoms with van der Waals surface area (Å²) in [6.07, 6.45) is 15.7. The van der Waals surface area contributed by atoms with Crippen LogP contribution in [-0.4, -0.2) is 62.3 Å². The minimum absolute atomic E-state index is 0.0342. The fraction of sp³-hybridized carbons (Fsp3) is 0.414. The SMILES string of the molecule is C=C(CN/C(=C\C)CN(C)CC)CN1C(=O)C2(COC3=CC4=C(CC=C32)OCO4)C2=CC=CCC=C21. The zero-order chi connectivity index (χ0) is 25.3. The van der Waals surface area contributed by atoms with E-state index in [9.17, 15) is 4.79 Å². The fourth-order valence-corrected chi connectivity index (χ4v) is 5.27. The minimum Gasteiger partial charge on any atom is -0.491 e. The molecule has 2 saturated heterocycles. The van der Waals surface area contributed by atoms with E-state index in [0.29, 0.717) is 31.0 Å². The van der Waals surface area contributed by atoms with Gasteiger partial charge in [-0.25, -0.2) is 0 Å². The maximum atomic E-state index is 14.3. The van der Waals surface area contributed by atoms with Crippen molar-refractivity contribution in [3.05, 3.63) is 94.5 Å². The predicted molar refractivity (Wildman–Crippen MR) is 139 cm³/mol. The Kier molecular flexibility index (Phi) is 6.67. The molecule has 190 valence electrons. The van der Waals surface area contributed by atoms with Crippen molar-refractivity contribution in [2.24, 2.45) is 5.41 Å². The molecule has 5 rings (SSSR count). The number of fused-ring (bicyclic) bond motifs is 4. The summed E-state index contributed by atoms with van der Waals surface area (Å²) in [6.45, 7) is 11.9. The van der Waals surface area contributed by atoms with E-state index in [-0.39, 0.29) is 19.3 Å². The summed E-state index contributed by atoms with van der Waals surface area (Å²) in [4.78, 5) is 18.4. The first-order valence-electron chi connectivity index (χ1n) is 12.7. The lowest BCUT2D eigenvalue weighted by atomic mass is 9.75. The van der Waals surface area contributed by atoms with Crippen LogP contribution in [0.3, 0.4) is 0 Å². The summed E-state index contributed by atoms with van der Waals surface area (Å²) >= 11 is 0. The molecule has 0 aromatic carbocycles. The van der Waals surface area contributed by atoms with E-state index in [1.165, 1.54) is 0 Å². The number of rotatable bonds is 8. The third-order valence-corrected chi connectivity index (χ3v) is 7.40. The summed E-state index contributed by atoms with van der Waals surface area (Å²) in [7, 11) is 2.10. The second kappa shape index (κ2) is 9.90. The third kappa shape index (κ3) is 4.11. The molecule has 0 aromatic heterocycles. The van der Waals surface area contributed by atoms with Crippen LogP contribution in [0.4, 0.5) is 0 Å². The van der Waals surface area contributed by atoms with Gasteiger partial charge in [0.15, 0.2) is 5.76 Å². The molecule has 0 radical (unpaired) electrons. The number of likely N-dealkylation sites (tertiary alicyclic amines) is 1. The summed E-state index contributed by atoms with van der Waals surface area (Å²) in [5.41, 5.74) is 4.05. The maximum absolute atomic E-state index is 14.3. The second-order valence-electron chi connectivity index (χ2n) is 9.69. The van der Waals surface area contributed by atoms with E-state index >= 15 is 0 Å². The normalized spacial score (nSPS) is 24.6. The smallest absolute Gasteiger partial charge is 0.246 e. The first-order valence-corrected chi connectivity index (χ1v) is 12.7. The summed E-state index contributed by atoms with van der Waals surface area (Å²) in [6, 6.07) is 0. The molecule has 5 aliphatic rings. The number of nitrogens with one attached hydrogen (secondary N) is 1. The Balaban J connectivity index is 1.39. The molecule has 7 heteroatoms. The summed E-state index contributed by atoms with van der Waals surface area (Å²) < 4.78 is 17.4. The van der Waals surface area contributed by atoms with Crippen molar-refractivity contribution in [3.63, 3.8) is 0 Å². The first-order chi connectivity index (χ1) is 17.5. The fourth-order valence-electron chi connectivity index (χ4n) is 5.27. The highest BCUT2D eigenvalue weighted by Crippen LogP contribution is 2.56. The monoisotopic (exact) mass is 489 g/mol. The largest absolute Gasteiger partial charge is 0.491 e. The van der Waals surface area contributed by atoms with Gasteiger partial charge < -0.3 is 29.3 Å². The van der Waals surface area contributed by atoms with Crippen LogP contribution in [0.5, 0.6) is 0 Å². The molecular formula is C29H35N3O4. The van der Waals surface area contributed by atoms with Crippen molar-refractivity contribution < 1.29 is 19.0 Å². The van der Waals surface area contributed by atoms with Crippen LogP contribution < -0.4 is 5.32 Å². The average molecular weight is 490 g/mol. The van der Waals surface area contributed by atoms with Crippen LogP contribution in [-0.2, 0) is 19.0 Å². The topological polar surface area (TPSA) is 63.3 Å². The molecule has 0 aromatic rings. The van der Waals surface area contributed by atoms with Crippen molar-refractivity contribution in [1.82, 2.24) is 15.1 Å². The van der Waals surface area contributed by atoms with Gasteiger partial charge in [-0.1, -0.05) is 50.0 Å². The summed E-state index contributed by atoms with van der Waals surface area (Å²) in [5.74, 6) is 2.19. The number of allylic oxidation sites excluding steroid dienone is 9. The Morgan fingerprint density at radius 1 is 1.28 bits per heavy atom. The molecule has 1 spiro atoms. The Hall–Kier alpha value is -3.45. The first kappa shape index (κ1) is 24.3. The molecule has 1 unspecified atom stereocenters. The molecule has 7 nitrogen and oxygen atoms in total. The molecule has 0 bridgehead atoms. The number of nitrogens with zero attached hydrogens (tertiary/aromatic N) is 2. The lowest BCUT2D eigenvalue weighted by Gasteiger charge is -2.24. The molecule has 2 fully saturated rings. The van der Waals surface area contributed by atoms with Crippen molar-refractivity contribution in [1.29, 1.82) is 0 Å². The van der Waals surface area contributed by atoms with Gasteiger partial charge in [-0.2, -0.15) is 0 Å². The van der Waals surface area contributed by atoms with Crippen LogP contribution in [0.15, 0.2) is 94.5 Å². The highest BCUT2D eigenvalue weighted by Gasteiger charge is 2.60. The van der Waals surface area contributed by atoms with Crippen molar-refractivity contribution in [3.8, 4) is 0 Å². The van der Waals surface area contributed by atoms with Crippen LogP contribution in [0, 0.1) is 5.41 Å². The number of amides is 1. The number of likely N-dealkylation sites (N-methyl/N-ethyl adjacent to an activating group) is 1. The number of carbonyl (C=O) groups excluding carboxylic acids is 1. The van der Waals surface area contributed by atoms with Crippen molar-refractivity contribution >= 4 is 5.91 Å². The predicted octanol–water partition coefficient (Wildman–Crippen LogP) is 4.05. The Bertz CT molecular complexity index is 1180. The molecule has 2 aliphatic carbocycles. The van der Waals surface area contributed by atoms with E-state index in [1.54, 1.807) is 0 Å². The van der Waals surface area contributed by atoms with Crippen LogP contribution in [0.1, 0.15) is 26.7 Å². The van der Waals surface area contributed by atoms with Gasteiger partial charge in [0.25, 0.3) is 0 Å². The van der Waals surface area contributed by atoms with E-state index < -0.39 is 5.41 Å². The molecule has 0 saturated carbocycles. The van der Waals surface area contributed by atoms with Gasteiger partial charge in [0.1, 0.15) is 23.5 Å². The molecule has 1 N–H and O–H groups in total. The lowest BCUT2D eigenvalue weighted by molar-refractivity contribution is -0.133. The van der Waals surface area contributed by atoms with Crippen LogP contribution >= 0.6 is 0 Å². The Morgan fingerprint density at radius 3 is 2.94 bits per heavy atom. The van der Waals surface area contributed by atoms with Gasteiger partial charge in [-0.15, -0.1) is 0 Å². The Morgan fingerprint density at radius 2 is 2.14 bits per heavy atom. The minimum atomic E-state index is -0.877. The van der Waals surface area contributed by atoms with Gasteiger partial charge in [0.2, 0.25) is 12.7 Å².